The molecule has 1 aromatic carbocycles. The molecule has 0 atom stereocenters. The summed E-state index contributed by atoms with van der Waals surface area (Å²) in [6.07, 6.45) is 2.31. The summed E-state index contributed by atoms with van der Waals surface area (Å²) in [5.41, 5.74) is 2.05. The summed E-state index contributed by atoms with van der Waals surface area (Å²) in [4.78, 5) is 16.3. The Bertz CT molecular complexity index is 668. The van der Waals surface area contributed by atoms with Gasteiger partial charge in [-0.15, -0.1) is 0 Å². The molecule has 0 bridgehead atoms. The van der Waals surface area contributed by atoms with Crippen molar-refractivity contribution in [2.75, 3.05) is 0 Å². The van der Waals surface area contributed by atoms with Crippen LogP contribution < -0.4 is 0 Å². The fourth-order valence-electron chi connectivity index (χ4n) is 2.43. The molecule has 1 aliphatic carbocycles. The van der Waals surface area contributed by atoms with Gasteiger partial charge in [0.05, 0.1) is 17.0 Å². The van der Waals surface area contributed by atoms with Gasteiger partial charge in [-0.3, -0.25) is 9.79 Å². The summed E-state index contributed by atoms with van der Waals surface area (Å²) in [5.74, 6) is 0.0160. The van der Waals surface area contributed by atoms with Crippen molar-refractivity contribution in [1.29, 1.82) is 0 Å². The Morgan fingerprint density at radius 2 is 1.86 bits per heavy atom. The van der Waals surface area contributed by atoms with E-state index in [1.165, 1.54) is 6.21 Å². The highest BCUT2D eigenvalue weighted by Crippen LogP contribution is 2.35. The van der Waals surface area contributed by atoms with Gasteiger partial charge in [-0.2, -0.15) is 0 Å². The Labute approximate surface area is 129 Å². The fraction of sp³-hybridized carbons (Fsp3) is 0.353. The molecule has 0 aliphatic heterocycles. The number of benzene rings is 1. The number of aliphatic imine (C=N–C) groups is 1. The number of carbonyl (C=O) groups excluding carboxylic acids is 1. The summed E-state index contributed by atoms with van der Waals surface area (Å²) < 4.78 is 0. The minimum atomic E-state index is -0.207. The van der Waals surface area contributed by atoms with E-state index in [1.54, 1.807) is 31.2 Å². The van der Waals surface area contributed by atoms with Crippen LogP contribution in [0.2, 0.25) is 0 Å². The Morgan fingerprint density at radius 3 is 2.41 bits per heavy atom. The maximum atomic E-state index is 12.1. The van der Waals surface area contributed by atoms with Gasteiger partial charge < -0.3 is 10.3 Å². The maximum absolute atomic E-state index is 12.1. The molecule has 116 valence electrons. The molecule has 5 heteroatoms. The lowest BCUT2D eigenvalue weighted by atomic mass is 9.77. The minimum Gasteiger partial charge on any atom is -0.511 e. The SMILES string of the molecule is C/C(=N/O)c1ccc(N=CC2=C(O)CC(C)(C)CC2=O)cc1. The first-order valence-electron chi connectivity index (χ1n) is 7.11. The molecule has 0 spiro atoms. The second kappa shape index (κ2) is 6.13. The monoisotopic (exact) mass is 300 g/mol. The number of carbonyl (C=O) groups is 1. The van der Waals surface area contributed by atoms with Crippen LogP contribution in [0.5, 0.6) is 0 Å². The predicted octanol–water partition coefficient (Wildman–Crippen LogP) is 3.79. The zero-order valence-corrected chi connectivity index (χ0v) is 13.0. The highest BCUT2D eigenvalue weighted by Gasteiger charge is 2.32. The third-order valence-corrected chi connectivity index (χ3v) is 3.67. The lowest BCUT2D eigenvalue weighted by Crippen LogP contribution is -2.26. The second-order valence-electron chi connectivity index (χ2n) is 6.29. The van der Waals surface area contributed by atoms with Gasteiger partial charge in [0, 0.05) is 19.1 Å². The van der Waals surface area contributed by atoms with Crippen molar-refractivity contribution in [2.24, 2.45) is 15.6 Å². The molecule has 1 aliphatic rings. The van der Waals surface area contributed by atoms with Crippen molar-refractivity contribution in [3.05, 3.63) is 41.2 Å². The first-order chi connectivity index (χ1) is 10.3. The van der Waals surface area contributed by atoms with Gasteiger partial charge in [0.25, 0.3) is 0 Å². The van der Waals surface area contributed by atoms with Crippen LogP contribution in [0.15, 0.2) is 45.7 Å². The number of hydrogen-bond donors (Lipinski definition) is 2. The molecular formula is C17H20N2O3. The third kappa shape index (κ3) is 3.61. The van der Waals surface area contributed by atoms with Gasteiger partial charge in [0.1, 0.15) is 5.76 Å². The van der Waals surface area contributed by atoms with Crippen LogP contribution in [0.3, 0.4) is 0 Å². The highest BCUT2D eigenvalue weighted by molar-refractivity contribution is 6.14. The average molecular weight is 300 g/mol. The molecule has 0 saturated carbocycles. The van der Waals surface area contributed by atoms with E-state index in [2.05, 4.69) is 10.1 Å². The normalized spacial score (nSPS) is 19.0. The van der Waals surface area contributed by atoms with E-state index < -0.39 is 0 Å². The van der Waals surface area contributed by atoms with E-state index in [1.807, 2.05) is 13.8 Å². The predicted molar refractivity (Wildman–Crippen MR) is 86.3 cm³/mol. The van der Waals surface area contributed by atoms with Crippen LogP contribution in [0, 0.1) is 5.41 Å². The van der Waals surface area contributed by atoms with Crippen molar-refractivity contribution in [3.8, 4) is 0 Å². The summed E-state index contributed by atoms with van der Waals surface area (Å²) in [6.45, 7) is 5.61. The van der Waals surface area contributed by atoms with Gasteiger partial charge in [-0.25, -0.2) is 0 Å². The van der Waals surface area contributed by atoms with Gasteiger partial charge in [-0.05, 0) is 30.0 Å². The summed E-state index contributed by atoms with van der Waals surface area (Å²) in [6, 6.07) is 7.08. The van der Waals surface area contributed by atoms with Gasteiger partial charge in [-0.1, -0.05) is 31.1 Å². The molecule has 5 nitrogen and oxygen atoms in total. The highest BCUT2D eigenvalue weighted by atomic mass is 16.4. The van der Waals surface area contributed by atoms with E-state index >= 15 is 0 Å². The van der Waals surface area contributed by atoms with Crippen molar-refractivity contribution in [2.45, 2.75) is 33.6 Å². The van der Waals surface area contributed by atoms with Crippen LogP contribution in [0.4, 0.5) is 5.69 Å². The molecule has 2 rings (SSSR count). The van der Waals surface area contributed by atoms with Gasteiger partial charge >= 0.3 is 0 Å². The minimum absolute atomic E-state index is 0.0858. The maximum Gasteiger partial charge on any atom is 0.168 e. The molecular weight excluding hydrogens is 280 g/mol. The number of rotatable bonds is 3. The van der Waals surface area contributed by atoms with Crippen molar-refractivity contribution in [1.82, 2.24) is 0 Å². The number of oxime groups is 1. The summed E-state index contributed by atoms with van der Waals surface area (Å²) in [5, 5.41) is 21.9. The number of ketones is 1. The molecule has 0 fully saturated rings. The summed E-state index contributed by atoms with van der Waals surface area (Å²) in [7, 11) is 0. The first-order valence-corrected chi connectivity index (χ1v) is 7.11. The molecule has 0 saturated heterocycles. The zero-order chi connectivity index (χ0) is 16.3. The smallest absolute Gasteiger partial charge is 0.168 e. The number of allylic oxidation sites excluding steroid dienone is 2. The largest absolute Gasteiger partial charge is 0.511 e. The van der Waals surface area contributed by atoms with E-state index in [0.717, 1.165) is 5.56 Å². The van der Waals surface area contributed by atoms with Crippen LogP contribution in [0.25, 0.3) is 0 Å². The van der Waals surface area contributed by atoms with E-state index in [9.17, 15) is 9.90 Å². The van der Waals surface area contributed by atoms with Crippen LogP contribution in [-0.4, -0.2) is 28.0 Å². The summed E-state index contributed by atoms with van der Waals surface area (Å²) >= 11 is 0. The lowest BCUT2D eigenvalue weighted by molar-refractivity contribution is -0.117. The van der Waals surface area contributed by atoms with E-state index in [4.69, 9.17) is 5.21 Å². The molecule has 0 heterocycles. The number of Topliss-reactive ketones (excluding diaryl/α,β-unsaturated/α-hetero) is 1. The first kappa shape index (κ1) is 15.9. The Hall–Kier alpha value is -2.43. The molecule has 0 amide bonds. The van der Waals surface area contributed by atoms with Crippen molar-refractivity contribution < 1.29 is 15.1 Å². The average Bonchev–Trinajstić information content (AvgIpc) is 2.45. The lowest BCUT2D eigenvalue weighted by Gasteiger charge is -2.28. The third-order valence-electron chi connectivity index (χ3n) is 3.67. The second-order valence-corrected chi connectivity index (χ2v) is 6.29. The number of aliphatic hydroxyl groups excluding tert-OH is 1. The molecule has 0 radical (unpaired) electrons. The molecule has 1 aromatic rings. The zero-order valence-electron chi connectivity index (χ0n) is 13.0. The van der Waals surface area contributed by atoms with Gasteiger partial charge in [0.15, 0.2) is 5.78 Å². The van der Waals surface area contributed by atoms with Crippen molar-refractivity contribution in [3.63, 3.8) is 0 Å². The standard InChI is InChI=1S/C17H20N2O3/c1-11(19-22)12-4-6-13(7-5-12)18-10-14-15(20)8-17(2,3)9-16(14)21/h4-7,10,20,22H,8-9H2,1-3H3/b18-10?,19-11-. The topological polar surface area (TPSA) is 82.2 Å². The molecule has 2 N–H and O–H groups in total. The van der Waals surface area contributed by atoms with Crippen LogP contribution >= 0.6 is 0 Å². The molecule has 0 unspecified atom stereocenters. The Balaban J connectivity index is 2.20. The number of aliphatic hydroxyl groups is 1. The quantitative estimate of drug-likeness (QED) is 0.506. The van der Waals surface area contributed by atoms with E-state index in [-0.39, 0.29) is 22.5 Å². The Kier molecular flexibility index (Phi) is 4.45. The Morgan fingerprint density at radius 1 is 1.23 bits per heavy atom. The fourth-order valence-corrected chi connectivity index (χ4v) is 2.43. The van der Waals surface area contributed by atoms with Gasteiger partial charge in [0.2, 0.25) is 0 Å². The van der Waals surface area contributed by atoms with Crippen LogP contribution in [-0.2, 0) is 4.79 Å². The van der Waals surface area contributed by atoms with Crippen molar-refractivity contribution >= 4 is 23.4 Å². The molecule has 0 aromatic heterocycles. The number of hydrogen-bond acceptors (Lipinski definition) is 5. The number of nitrogens with zero attached hydrogens (tertiary/aromatic N) is 2. The van der Waals surface area contributed by atoms with Crippen LogP contribution in [0.1, 0.15) is 39.2 Å². The molecule has 22 heavy (non-hydrogen) atoms. The van der Waals surface area contributed by atoms with E-state index in [0.29, 0.717) is 24.2 Å².